The van der Waals surface area contributed by atoms with Crippen molar-refractivity contribution in [1.82, 2.24) is 10.3 Å². The lowest BCUT2D eigenvalue weighted by molar-refractivity contribution is 0.693. The number of rotatable bonds is 5. The molecule has 3 nitrogen and oxygen atoms in total. The summed E-state index contributed by atoms with van der Waals surface area (Å²) in [6.45, 7) is 1.74. The van der Waals surface area contributed by atoms with Crippen LogP contribution >= 0.6 is 0 Å². The Bertz CT molecular complexity index is 454. The second-order valence-corrected chi connectivity index (χ2v) is 3.91. The molecule has 3 heteroatoms. The van der Waals surface area contributed by atoms with E-state index in [9.17, 15) is 0 Å². The summed E-state index contributed by atoms with van der Waals surface area (Å²) >= 11 is 0. The molecule has 2 rings (SSSR count). The summed E-state index contributed by atoms with van der Waals surface area (Å²) in [5, 5.41) is 6.55. The molecule has 0 spiro atoms. The van der Waals surface area contributed by atoms with Crippen LogP contribution in [0.15, 0.2) is 48.8 Å². The fourth-order valence-corrected chi connectivity index (χ4v) is 1.69. The third-order valence-electron chi connectivity index (χ3n) is 2.62. The lowest BCUT2D eigenvalue weighted by Gasteiger charge is -2.06. The molecule has 0 saturated heterocycles. The third kappa shape index (κ3) is 3.57. The monoisotopic (exact) mass is 227 g/mol. The Morgan fingerprint density at radius 1 is 1.00 bits per heavy atom. The molecule has 0 aliphatic heterocycles. The van der Waals surface area contributed by atoms with Crippen LogP contribution in [0.3, 0.4) is 0 Å². The van der Waals surface area contributed by atoms with Crippen LogP contribution in [0.5, 0.6) is 0 Å². The zero-order valence-corrected chi connectivity index (χ0v) is 9.98. The number of hydrogen-bond donors (Lipinski definition) is 2. The Labute approximate surface area is 102 Å². The third-order valence-corrected chi connectivity index (χ3v) is 2.62. The fourth-order valence-electron chi connectivity index (χ4n) is 1.69. The zero-order chi connectivity index (χ0) is 11.9. The molecule has 1 aromatic heterocycles. The normalized spacial score (nSPS) is 10.2. The maximum atomic E-state index is 4.00. The molecule has 1 heterocycles. The minimum atomic E-state index is 0.867. The summed E-state index contributed by atoms with van der Waals surface area (Å²) in [6.07, 6.45) is 3.64. The molecule has 17 heavy (non-hydrogen) atoms. The lowest BCUT2D eigenvalue weighted by Crippen LogP contribution is -2.12. The van der Waals surface area contributed by atoms with E-state index in [4.69, 9.17) is 0 Å². The molecule has 2 aromatic rings. The number of benzene rings is 1. The van der Waals surface area contributed by atoms with Crippen molar-refractivity contribution >= 4 is 5.69 Å². The highest BCUT2D eigenvalue weighted by Gasteiger charge is 1.95. The van der Waals surface area contributed by atoms with Gasteiger partial charge in [0.2, 0.25) is 0 Å². The number of anilines is 1. The molecule has 1 aromatic carbocycles. The van der Waals surface area contributed by atoms with Crippen LogP contribution in [-0.4, -0.2) is 12.0 Å². The highest BCUT2D eigenvalue weighted by Crippen LogP contribution is 2.09. The van der Waals surface area contributed by atoms with Gasteiger partial charge in [-0.3, -0.25) is 4.98 Å². The topological polar surface area (TPSA) is 37.0 Å². The largest absolute Gasteiger partial charge is 0.388 e. The molecular weight excluding hydrogens is 210 g/mol. The van der Waals surface area contributed by atoms with Crippen LogP contribution in [0.1, 0.15) is 11.1 Å². The van der Waals surface area contributed by atoms with Crippen LogP contribution in [-0.2, 0) is 13.1 Å². The van der Waals surface area contributed by atoms with Gasteiger partial charge in [-0.25, -0.2) is 0 Å². The van der Waals surface area contributed by atoms with E-state index in [0.29, 0.717) is 0 Å². The van der Waals surface area contributed by atoms with Gasteiger partial charge in [0.15, 0.2) is 0 Å². The number of nitrogens with one attached hydrogen (secondary N) is 2. The fraction of sp³-hybridized carbons (Fsp3) is 0.214. The smallest absolute Gasteiger partial charge is 0.0340 e. The summed E-state index contributed by atoms with van der Waals surface area (Å²) in [7, 11) is 1.93. The van der Waals surface area contributed by atoms with Gasteiger partial charge < -0.3 is 10.6 Å². The quantitative estimate of drug-likeness (QED) is 0.823. The number of nitrogens with zero attached hydrogens (tertiary/aromatic N) is 1. The van der Waals surface area contributed by atoms with Crippen molar-refractivity contribution in [3.05, 3.63) is 59.9 Å². The molecule has 0 bridgehead atoms. The second-order valence-electron chi connectivity index (χ2n) is 3.91. The van der Waals surface area contributed by atoms with Crippen LogP contribution in [0, 0.1) is 0 Å². The Kier molecular flexibility index (Phi) is 4.11. The maximum absolute atomic E-state index is 4.00. The van der Waals surface area contributed by atoms with Crippen molar-refractivity contribution in [3.63, 3.8) is 0 Å². The van der Waals surface area contributed by atoms with E-state index in [-0.39, 0.29) is 0 Å². The number of hydrogen-bond acceptors (Lipinski definition) is 3. The number of pyridine rings is 1. The van der Waals surface area contributed by atoms with E-state index >= 15 is 0 Å². The minimum absolute atomic E-state index is 0.867. The first-order valence-corrected chi connectivity index (χ1v) is 5.75. The van der Waals surface area contributed by atoms with Crippen LogP contribution in [0.2, 0.25) is 0 Å². The van der Waals surface area contributed by atoms with Crippen molar-refractivity contribution in [2.45, 2.75) is 13.1 Å². The summed E-state index contributed by atoms with van der Waals surface area (Å²) in [4.78, 5) is 4.00. The van der Waals surface area contributed by atoms with Crippen LogP contribution in [0.4, 0.5) is 5.69 Å². The second kappa shape index (κ2) is 6.01. The maximum Gasteiger partial charge on any atom is 0.0340 e. The van der Waals surface area contributed by atoms with E-state index in [1.165, 1.54) is 11.1 Å². The molecule has 0 unspecified atom stereocenters. The Hall–Kier alpha value is -1.87. The minimum Gasteiger partial charge on any atom is -0.388 e. The zero-order valence-electron chi connectivity index (χ0n) is 9.98. The average Bonchev–Trinajstić information content (AvgIpc) is 2.40. The predicted molar refractivity (Wildman–Crippen MR) is 70.8 cm³/mol. The molecule has 0 amide bonds. The van der Waals surface area contributed by atoms with Crippen molar-refractivity contribution in [3.8, 4) is 0 Å². The molecule has 0 aliphatic carbocycles. The first-order chi connectivity index (χ1) is 8.38. The molecule has 0 saturated carbocycles. The summed E-state index contributed by atoms with van der Waals surface area (Å²) < 4.78 is 0. The van der Waals surface area contributed by atoms with Gasteiger partial charge in [-0.1, -0.05) is 12.1 Å². The van der Waals surface area contributed by atoms with Gasteiger partial charge in [0, 0.05) is 38.2 Å². The lowest BCUT2D eigenvalue weighted by atomic mass is 10.2. The predicted octanol–water partition coefficient (Wildman–Crippen LogP) is 2.41. The molecule has 0 radical (unpaired) electrons. The van der Waals surface area contributed by atoms with Crippen molar-refractivity contribution in [2.24, 2.45) is 0 Å². The van der Waals surface area contributed by atoms with Crippen molar-refractivity contribution in [1.29, 1.82) is 0 Å². The van der Waals surface area contributed by atoms with Crippen LogP contribution < -0.4 is 10.6 Å². The van der Waals surface area contributed by atoms with E-state index in [1.54, 1.807) is 0 Å². The van der Waals surface area contributed by atoms with Crippen molar-refractivity contribution in [2.75, 3.05) is 12.4 Å². The van der Waals surface area contributed by atoms with Gasteiger partial charge >= 0.3 is 0 Å². The molecule has 88 valence electrons. The summed E-state index contributed by atoms with van der Waals surface area (Å²) in [5.74, 6) is 0. The van der Waals surface area contributed by atoms with E-state index in [1.807, 2.05) is 31.6 Å². The average molecular weight is 227 g/mol. The molecule has 2 N–H and O–H groups in total. The van der Waals surface area contributed by atoms with Gasteiger partial charge in [-0.05, 0) is 35.4 Å². The highest BCUT2D eigenvalue weighted by molar-refractivity contribution is 5.44. The first-order valence-electron chi connectivity index (χ1n) is 5.75. The Morgan fingerprint density at radius 3 is 2.53 bits per heavy atom. The van der Waals surface area contributed by atoms with Gasteiger partial charge in [0.05, 0.1) is 0 Å². The van der Waals surface area contributed by atoms with Crippen LogP contribution in [0.25, 0.3) is 0 Å². The van der Waals surface area contributed by atoms with Crippen molar-refractivity contribution < 1.29 is 0 Å². The standard InChI is InChI=1S/C14H17N3/c1-15-14-4-2-3-13(9-14)11-17-10-12-5-7-16-8-6-12/h2-9,15,17H,10-11H2,1H3. The van der Waals surface area contributed by atoms with Gasteiger partial charge in [-0.2, -0.15) is 0 Å². The van der Waals surface area contributed by atoms with E-state index < -0.39 is 0 Å². The SMILES string of the molecule is CNc1cccc(CNCc2ccncc2)c1. The van der Waals surface area contributed by atoms with Gasteiger partial charge in [-0.15, -0.1) is 0 Å². The first kappa shape index (κ1) is 11.6. The van der Waals surface area contributed by atoms with E-state index in [2.05, 4.69) is 39.9 Å². The van der Waals surface area contributed by atoms with E-state index in [0.717, 1.165) is 18.8 Å². The summed E-state index contributed by atoms with van der Waals surface area (Å²) in [5.41, 5.74) is 3.68. The molecule has 0 aliphatic rings. The summed E-state index contributed by atoms with van der Waals surface area (Å²) in [6, 6.07) is 12.5. The highest BCUT2D eigenvalue weighted by atomic mass is 14.9. The molecule has 0 fully saturated rings. The van der Waals surface area contributed by atoms with Gasteiger partial charge in [0.1, 0.15) is 0 Å². The molecular formula is C14H17N3. The van der Waals surface area contributed by atoms with Gasteiger partial charge in [0.25, 0.3) is 0 Å². The number of aromatic nitrogens is 1. The molecule has 0 atom stereocenters. The Balaban J connectivity index is 1.86. The Morgan fingerprint density at radius 2 is 1.76 bits per heavy atom.